The van der Waals surface area contributed by atoms with Crippen molar-refractivity contribution in [3.63, 3.8) is 0 Å². The minimum absolute atomic E-state index is 0.0713. The number of oxazole rings is 1. The molecule has 7 heteroatoms. The van der Waals surface area contributed by atoms with Gasteiger partial charge in [-0.05, 0) is 35.2 Å². The Balaban J connectivity index is 1.56. The fourth-order valence-corrected chi connectivity index (χ4v) is 3.18. The van der Waals surface area contributed by atoms with Crippen LogP contribution in [0.4, 0.5) is 5.69 Å². The Bertz CT molecular complexity index is 1170. The van der Waals surface area contributed by atoms with E-state index in [1.54, 1.807) is 18.2 Å². The fraction of sp³-hybridized carbons (Fsp3) is 0.292. The molecule has 31 heavy (non-hydrogen) atoms. The molecular formula is C24H24N2O5. The van der Waals surface area contributed by atoms with Crippen molar-refractivity contribution < 1.29 is 23.5 Å². The van der Waals surface area contributed by atoms with Crippen LogP contribution in [0.25, 0.3) is 22.6 Å². The number of nitrogens with zero attached hydrogens (tertiary/aromatic N) is 1. The fourth-order valence-electron chi connectivity index (χ4n) is 3.18. The maximum atomic E-state index is 12.0. The van der Waals surface area contributed by atoms with E-state index in [0.717, 1.165) is 5.56 Å². The number of hydrogen-bond donors (Lipinski definition) is 1. The predicted molar refractivity (Wildman–Crippen MR) is 116 cm³/mol. The lowest BCUT2D eigenvalue weighted by atomic mass is 9.87. The number of nitrogens with one attached hydrogen (secondary N) is 1. The first-order valence-electron chi connectivity index (χ1n) is 9.97. The van der Waals surface area contributed by atoms with E-state index >= 15 is 0 Å². The standard InChI is InChI=1S/C24H24N2O5/c1-23(2,3)15-8-6-14(7-9-15)20-26-18-11-10-16(12-19(18)29-20)25-13-17-21(27)30-24(4,5)31-22(17)28/h6-13,25H,1-5H3. The number of anilines is 1. The van der Waals surface area contributed by atoms with Gasteiger partial charge in [-0.25, -0.2) is 14.6 Å². The minimum atomic E-state index is -1.27. The molecule has 160 valence electrons. The van der Waals surface area contributed by atoms with Gasteiger partial charge in [0, 0.05) is 37.4 Å². The van der Waals surface area contributed by atoms with Gasteiger partial charge in [0.05, 0.1) is 0 Å². The van der Waals surface area contributed by atoms with Crippen LogP contribution in [0.3, 0.4) is 0 Å². The number of fused-ring (bicyclic) bond motifs is 1. The zero-order valence-corrected chi connectivity index (χ0v) is 18.1. The maximum Gasteiger partial charge on any atom is 0.350 e. The summed E-state index contributed by atoms with van der Waals surface area (Å²) in [5, 5.41) is 2.92. The lowest BCUT2D eigenvalue weighted by molar-refractivity contribution is -0.222. The molecule has 0 amide bonds. The summed E-state index contributed by atoms with van der Waals surface area (Å²) in [6.45, 7) is 9.49. The van der Waals surface area contributed by atoms with E-state index in [0.29, 0.717) is 22.7 Å². The Morgan fingerprint density at radius 2 is 1.61 bits per heavy atom. The second kappa shape index (κ2) is 7.27. The van der Waals surface area contributed by atoms with Gasteiger partial charge in [-0.3, -0.25) is 0 Å². The summed E-state index contributed by atoms with van der Waals surface area (Å²) in [5.74, 6) is -2.23. The van der Waals surface area contributed by atoms with Crippen LogP contribution in [0.15, 0.2) is 58.7 Å². The van der Waals surface area contributed by atoms with E-state index < -0.39 is 17.7 Å². The first-order valence-corrected chi connectivity index (χ1v) is 9.97. The average molecular weight is 420 g/mol. The first kappa shape index (κ1) is 20.7. The molecule has 3 aromatic rings. The molecule has 4 rings (SSSR count). The summed E-state index contributed by atoms with van der Waals surface area (Å²) >= 11 is 0. The Hall–Kier alpha value is -3.61. The van der Waals surface area contributed by atoms with E-state index in [1.165, 1.54) is 25.6 Å². The first-order chi connectivity index (χ1) is 14.5. The molecule has 0 radical (unpaired) electrons. The number of ether oxygens (including phenoxy) is 2. The van der Waals surface area contributed by atoms with Crippen molar-refractivity contribution >= 4 is 28.7 Å². The third-order valence-electron chi connectivity index (χ3n) is 4.89. The molecule has 1 N–H and O–H groups in total. The lowest BCUT2D eigenvalue weighted by Crippen LogP contribution is -2.42. The number of carbonyl (C=O) groups is 2. The van der Waals surface area contributed by atoms with Crippen molar-refractivity contribution in [1.29, 1.82) is 0 Å². The van der Waals surface area contributed by atoms with E-state index in [9.17, 15) is 9.59 Å². The number of cyclic esters (lactones) is 2. The summed E-state index contributed by atoms with van der Waals surface area (Å²) in [6, 6.07) is 13.5. The molecule has 2 heterocycles. The number of aromatic nitrogens is 1. The Morgan fingerprint density at radius 1 is 0.968 bits per heavy atom. The number of carbonyl (C=O) groups excluding carboxylic acids is 2. The summed E-state index contributed by atoms with van der Waals surface area (Å²) in [5.41, 5.74) is 3.88. The molecule has 1 aliphatic rings. The van der Waals surface area contributed by atoms with Crippen molar-refractivity contribution in [2.24, 2.45) is 0 Å². The normalized spacial score (nSPS) is 16.1. The van der Waals surface area contributed by atoms with Crippen LogP contribution in [0.5, 0.6) is 0 Å². The summed E-state index contributed by atoms with van der Waals surface area (Å²) in [7, 11) is 0. The van der Waals surface area contributed by atoms with Gasteiger partial charge >= 0.3 is 11.9 Å². The van der Waals surface area contributed by atoms with Crippen molar-refractivity contribution in [2.75, 3.05) is 5.32 Å². The predicted octanol–water partition coefficient (Wildman–Crippen LogP) is 4.92. The average Bonchev–Trinajstić information content (AvgIpc) is 3.09. The molecule has 0 bridgehead atoms. The van der Waals surface area contributed by atoms with Crippen molar-refractivity contribution in [3.05, 3.63) is 59.8 Å². The number of rotatable bonds is 3. The van der Waals surface area contributed by atoms with Crippen molar-refractivity contribution in [3.8, 4) is 11.5 Å². The number of benzene rings is 2. The van der Waals surface area contributed by atoms with Gasteiger partial charge in [-0.2, -0.15) is 0 Å². The maximum absolute atomic E-state index is 12.0. The van der Waals surface area contributed by atoms with Gasteiger partial charge in [-0.1, -0.05) is 32.9 Å². The van der Waals surface area contributed by atoms with E-state index in [2.05, 4.69) is 43.2 Å². The largest absolute Gasteiger partial charge is 0.436 e. The van der Waals surface area contributed by atoms with Gasteiger partial charge in [0.15, 0.2) is 11.2 Å². The van der Waals surface area contributed by atoms with Crippen LogP contribution in [-0.2, 0) is 24.5 Å². The van der Waals surface area contributed by atoms with E-state index in [-0.39, 0.29) is 11.0 Å². The van der Waals surface area contributed by atoms with Gasteiger partial charge in [-0.15, -0.1) is 0 Å². The molecule has 0 saturated carbocycles. The third-order valence-corrected chi connectivity index (χ3v) is 4.89. The van der Waals surface area contributed by atoms with Crippen molar-refractivity contribution in [2.45, 2.75) is 45.8 Å². The Morgan fingerprint density at radius 3 is 2.23 bits per heavy atom. The van der Waals surface area contributed by atoms with Gasteiger partial charge in [0.2, 0.25) is 5.89 Å². The topological polar surface area (TPSA) is 90.7 Å². The molecule has 1 aromatic heterocycles. The summed E-state index contributed by atoms with van der Waals surface area (Å²) in [4.78, 5) is 28.6. The molecule has 2 aromatic carbocycles. The Labute approximate surface area is 180 Å². The molecule has 1 fully saturated rings. The number of hydrogen-bond acceptors (Lipinski definition) is 7. The van der Waals surface area contributed by atoms with Crippen molar-refractivity contribution in [1.82, 2.24) is 4.98 Å². The quantitative estimate of drug-likeness (QED) is 0.365. The van der Waals surface area contributed by atoms with Crippen LogP contribution in [0.1, 0.15) is 40.2 Å². The van der Waals surface area contributed by atoms with E-state index in [1.807, 2.05) is 12.1 Å². The highest BCUT2D eigenvalue weighted by Gasteiger charge is 2.38. The third kappa shape index (κ3) is 4.30. The van der Waals surface area contributed by atoms with Crippen LogP contribution in [-0.4, -0.2) is 22.7 Å². The minimum Gasteiger partial charge on any atom is -0.436 e. The van der Waals surface area contributed by atoms with Crippen LogP contribution < -0.4 is 5.32 Å². The van der Waals surface area contributed by atoms with Crippen LogP contribution >= 0.6 is 0 Å². The highest BCUT2D eigenvalue weighted by Crippen LogP contribution is 2.29. The van der Waals surface area contributed by atoms with Crippen LogP contribution in [0, 0.1) is 0 Å². The molecule has 1 saturated heterocycles. The zero-order valence-electron chi connectivity index (χ0n) is 18.1. The summed E-state index contributed by atoms with van der Waals surface area (Å²) in [6.07, 6.45) is 1.27. The SMILES string of the molecule is CC1(C)OC(=O)C(=CNc2ccc3nc(-c4ccc(C(C)(C)C)cc4)oc3c2)C(=O)O1. The molecule has 0 atom stereocenters. The molecule has 0 unspecified atom stereocenters. The number of esters is 2. The van der Waals surface area contributed by atoms with E-state index in [4.69, 9.17) is 13.9 Å². The summed E-state index contributed by atoms with van der Waals surface area (Å²) < 4.78 is 16.1. The Kier molecular flexibility index (Phi) is 4.84. The molecule has 1 aliphatic heterocycles. The van der Waals surface area contributed by atoms with Crippen LogP contribution in [0.2, 0.25) is 0 Å². The lowest BCUT2D eigenvalue weighted by Gasteiger charge is -2.29. The van der Waals surface area contributed by atoms with Gasteiger partial charge in [0.25, 0.3) is 5.79 Å². The molecule has 0 spiro atoms. The second-order valence-corrected chi connectivity index (χ2v) is 8.91. The molecule has 7 nitrogen and oxygen atoms in total. The smallest absolute Gasteiger partial charge is 0.350 e. The molecule has 0 aliphatic carbocycles. The zero-order chi connectivity index (χ0) is 22.4. The second-order valence-electron chi connectivity index (χ2n) is 8.91. The monoisotopic (exact) mass is 420 g/mol. The molecular weight excluding hydrogens is 396 g/mol. The van der Waals surface area contributed by atoms with Gasteiger partial charge in [0.1, 0.15) is 5.52 Å². The highest BCUT2D eigenvalue weighted by molar-refractivity contribution is 6.15. The van der Waals surface area contributed by atoms with Gasteiger partial charge < -0.3 is 19.2 Å². The highest BCUT2D eigenvalue weighted by atomic mass is 16.7.